The maximum absolute atomic E-state index is 13.3. The van der Waals surface area contributed by atoms with Gasteiger partial charge in [-0.2, -0.15) is 5.10 Å². The summed E-state index contributed by atoms with van der Waals surface area (Å²) in [5.41, 5.74) is 2.43. The number of halogens is 2. The summed E-state index contributed by atoms with van der Waals surface area (Å²) in [7, 11) is 0. The third-order valence-corrected chi connectivity index (χ3v) is 5.72. The normalized spacial score (nSPS) is 22.1. The molecule has 2 aliphatic rings. The highest BCUT2D eigenvalue weighted by Crippen LogP contribution is 2.29. The number of hydrogen-bond donors (Lipinski definition) is 1. The summed E-state index contributed by atoms with van der Waals surface area (Å²) in [6, 6.07) is 2.14. The van der Waals surface area contributed by atoms with Crippen molar-refractivity contribution in [3.8, 4) is 0 Å². The van der Waals surface area contributed by atoms with Gasteiger partial charge >= 0.3 is 0 Å². The molecule has 4 rings (SSSR count). The maximum Gasteiger partial charge on any atom is 0.254 e. The molecule has 0 aromatic carbocycles. The van der Waals surface area contributed by atoms with E-state index in [1.54, 1.807) is 6.20 Å². The van der Waals surface area contributed by atoms with Crippen LogP contribution in [-0.2, 0) is 0 Å². The second-order valence-corrected chi connectivity index (χ2v) is 7.78. The summed E-state index contributed by atoms with van der Waals surface area (Å²) < 4.78 is 1.90. The van der Waals surface area contributed by atoms with Crippen LogP contribution in [0, 0.1) is 18.8 Å². The van der Waals surface area contributed by atoms with Gasteiger partial charge in [-0.25, -0.2) is 9.67 Å². The summed E-state index contributed by atoms with van der Waals surface area (Å²) in [5.74, 6) is 1.58. The molecule has 8 heteroatoms. The Morgan fingerprint density at radius 2 is 1.81 bits per heavy atom. The molecule has 0 spiro atoms. The molecule has 0 bridgehead atoms. The van der Waals surface area contributed by atoms with Gasteiger partial charge in [-0.15, -0.1) is 24.8 Å². The Bertz CT molecular complexity index is 793. The average molecular weight is 414 g/mol. The minimum Gasteiger partial charge on any atom is -0.339 e. The summed E-state index contributed by atoms with van der Waals surface area (Å²) in [5, 5.41) is 8.83. The van der Waals surface area contributed by atoms with Crippen molar-refractivity contribution in [3.63, 3.8) is 0 Å². The van der Waals surface area contributed by atoms with Crippen LogP contribution in [0.15, 0.2) is 12.3 Å². The molecule has 1 amide bonds. The molecule has 0 saturated carbocycles. The van der Waals surface area contributed by atoms with Crippen molar-refractivity contribution in [1.82, 2.24) is 25.0 Å². The van der Waals surface area contributed by atoms with Crippen molar-refractivity contribution >= 4 is 41.8 Å². The number of aromatic nitrogens is 3. The average Bonchev–Trinajstić information content (AvgIpc) is 3.16. The Balaban J connectivity index is 0.00000131. The van der Waals surface area contributed by atoms with E-state index in [4.69, 9.17) is 0 Å². The number of nitrogens with zero attached hydrogens (tertiary/aromatic N) is 4. The van der Waals surface area contributed by atoms with Crippen molar-refractivity contribution in [2.45, 2.75) is 39.7 Å². The topological polar surface area (TPSA) is 63.1 Å². The lowest BCUT2D eigenvalue weighted by molar-refractivity contribution is 0.0760. The molecular formula is C19H29Cl2N5O. The van der Waals surface area contributed by atoms with Crippen LogP contribution in [0.5, 0.6) is 0 Å². The predicted octanol–water partition coefficient (Wildman–Crippen LogP) is 3.24. The summed E-state index contributed by atoms with van der Waals surface area (Å²) in [4.78, 5) is 19.9. The van der Waals surface area contributed by atoms with Crippen molar-refractivity contribution in [3.05, 3.63) is 23.5 Å². The zero-order valence-electron chi connectivity index (χ0n) is 16.1. The van der Waals surface area contributed by atoms with Crippen LogP contribution in [0.1, 0.15) is 48.8 Å². The minimum absolute atomic E-state index is 0. The summed E-state index contributed by atoms with van der Waals surface area (Å²) >= 11 is 0. The molecule has 6 nitrogen and oxygen atoms in total. The molecule has 2 aromatic heterocycles. The molecule has 2 atom stereocenters. The third kappa shape index (κ3) is 4.08. The van der Waals surface area contributed by atoms with Gasteiger partial charge in [0.25, 0.3) is 5.91 Å². The van der Waals surface area contributed by atoms with Crippen molar-refractivity contribution < 1.29 is 4.79 Å². The zero-order chi connectivity index (χ0) is 17.6. The molecule has 4 heterocycles. The van der Waals surface area contributed by atoms with Gasteiger partial charge in [-0.1, -0.05) is 0 Å². The predicted molar refractivity (Wildman–Crippen MR) is 112 cm³/mol. The smallest absolute Gasteiger partial charge is 0.254 e. The van der Waals surface area contributed by atoms with Gasteiger partial charge in [0.15, 0.2) is 5.65 Å². The van der Waals surface area contributed by atoms with E-state index in [9.17, 15) is 4.79 Å². The first kappa shape index (κ1) is 21.9. The number of amides is 1. The number of rotatable bonds is 2. The first-order valence-electron chi connectivity index (χ1n) is 9.39. The van der Waals surface area contributed by atoms with Crippen LogP contribution in [0.4, 0.5) is 0 Å². The van der Waals surface area contributed by atoms with Crippen LogP contribution < -0.4 is 5.32 Å². The number of nitrogens with one attached hydrogen (secondary N) is 1. The second-order valence-electron chi connectivity index (χ2n) is 7.78. The van der Waals surface area contributed by atoms with Crippen molar-refractivity contribution in [1.29, 1.82) is 0 Å². The minimum atomic E-state index is 0. The molecule has 1 N–H and O–H groups in total. The van der Waals surface area contributed by atoms with Gasteiger partial charge in [0.1, 0.15) is 0 Å². The SMILES string of the molecule is Cc1cc(C(=O)N2CC[C@@H]3CNC[C@@H]3CC2)c2cnn(C(C)C)c2n1.Cl.Cl. The Morgan fingerprint density at radius 3 is 2.41 bits per heavy atom. The van der Waals surface area contributed by atoms with E-state index in [2.05, 4.69) is 29.2 Å². The second kappa shape index (κ2) is 8.76. The fourth-order valence-corrected chi connectivity index (χ4v) is 4.29. The van der Waals surface area contributed by atoms with Gasteiger partial charge < -0.3 is 10.2 Å². The molecular weight excluding hydrogens is 385 g/mol. The Hall–Kier alpha value is -1.37. The highest BCUT2D eigenvalue weighted by molar-refractivity contribution is 6.05. The van der Waals surface area contributed by atoms with E-state index in [0.29, 0.717) is 0 Å². The molecule has 2 saturated heterocycles. The quantitative estimate of drug-likeness (QED) is 0.820. The fourth-order valence-electron chi connectivity index (χ4n) is 4.29. The number of aryl methyl sites for hydroxylation is 1. The van der Waals surface area contributed by atoms with E-state index >= 15 is 0 Å². The van der Waals surface area contributed by atoms with Crippen LogP contribution in [0.25, 0.3) is 11.0 Å². The summed E-state index contributed by atoms with van der Waals surface area (Å²) in [6.07, 6.45) is 4.00. The third-order valence-electron chi connectivity index (χ3n) is 5.72. The van der Waals surface area contributed by atoms with Gasteiger partial charge in [0.2, 0.25) is 0 Å². The van der Waals surface area contributed by atoms with Gasteiger partial charge in [0.05, 0.1) is 17.1 Å². The number of fused-ring (bicyclic) bond motifs is 2. The van der Waals surface area contributed by atoms with Crippen LogP contribution in [0.2, 0.25) is 0 Å². The van der Waals surface area contributed by atoms with Gasteiger partial charge in [-0.3, -0.25) is 4.79 Å². The Labute approximate surface area is 172 Å². The number of hydrogen-bond acceptors (Lipinski definition) is 4. The number of pyridine rings is 1. The standard InChI is InChI=1S/C19H27N5O.2ClH/c1-12(2)24-18-17(11-21-24)16(8-13(3)22-18)19(25)23-6-4-14-9-20-10-15(14)5-7-23;;/h8,11-12,14-15,20H,4-7,9-10H2,1-3H3;2*1H/t14-,15+;;. The monoisotopic (exact) mass is 413 g/mol. The largest absolute Gasteiger partial charge is 0.339 e. The fraction of sp³-hybridized carbons (Fsp3) is 0.632. The number of carbonyl (C=O) groups excluding carboxylic acids is 1. The van der Waals surface area contributed by atoms with Crippen LogP contribution >= 0.6 is 24.8 Å². The molecule has 27 heavy (non-hydrogen) atoms. The van der Waals surface area contributed by atoms with Crippen molar-refractivity contribution in [2.24, 2.45) is 11.8 Å². The Kier molecular flexibility index (Phi) is 7.11. The highest BCUT2D eigenvalue weighted by Gasteiger charge is 2.32. The molecule has 2 aliphatic heterocycles. The summed E-state index contributed by atoms with van der Waals surface area (Å²) in [6.45, 7) is 10.0. The lowest BCUT2D eigenvalue weighted by Crippen LogP contribution is -2.33. The Morgan fingerprint density at radius 1 is 1.19 bits per heavy atom. The van der Waals surface area contributed by atoms with E-state index in [1.807, 2.05) is 22.6 Å². The highest BCUT2D eigenvalue weighted by atomic mass is 35.5. The van der Waals surface area contributed by atoms with Crippen molar-refractivity contribution in [2.75, 3.05) is 26.2 Å². The lowest BCUT2D eigenvalue weighted by atomic mass is 9.92. The van der Waals surface area contributed by atoms with E-state index in [-0.39, 0.29) is 36.8 Å². The molecule has 0 unspecified atom stereocenters. The number of likely N-dealkylation sites (tertiary alicyclic amines) is 1. The first-order chi connectivity index (χ1) is 12.0. The van der Waals surface area contributed by atoms with Gasteiger partial charge in [0, 0.05) is 24.8 Å². The zero-order valence-corrected chi connectivity index (χ0v) is 17.8. The molecule has 2 aromatic rings. The number of carbonyl (C=O) groups is 1. The van der Waals surface area contributed by atoms with Crippen LogP contribution in [-0.4, -0.2) is 51.8 Å². The maximum atomic E-state index is 13.3. The van der Waals surface area contributed by atoms with Gasteiger partial charge in [-0.05, 0) is 64.6 Å². The first-order valence-corrected chi connectivity index (χ1v) is 9.39. The van der Waals surface area contributed by atoms with Crippen LogP contribution in [0.3, 0.4) is 0 Å². The molecule has 0 aliphatic carbocycles. The molecule has 150 valence electrons. The molecule has 2 fully saturated rings. The van der Waals surface area contributed by atoms with E-state index in [1.165, 1.54) is 0 Å². The lowest BCUT2D eigenvalue weighted by Gasteiger charge is -2.21. The van der Waals surface area contributed by atoms with E-state index < -0.39 is 0 Å². The van der Waals surface area contributed by atoms with E-state index in [0.717, 1.165) is 73.1 Å². The molecule has 0 radical (unpaired) electrons.